The summed E-state index contributed by atoms with van der Waals surface area (Å²) in [6.07, 6.45) is 3.14. The van der Waals surface area contributed by atoms with E-state index in [4.69, 9.17) is 4.74 Å². The molecule has 0 aliphatic rings. The van der Waals surface area contributed by atoms with Gasteiger partial charge in [0.25, 0.3) is 0 Å². The third-order valence-corrected chi connectivity index (χ3v) is 4.79. The number of allylic oxidation sites excluding steroid dienone is 1. The van der Waals surface area contributed by atoms with Gasteiger partial charge in [-0.3, -0.25) is 0 Å². The van der Waals surface area contributed by atoms with Crippen LogP contribution in [0.2, 0.25) is 0 Å². The van der Waals surface area contributed by atoms with Crippen molar-refractivity contribution in [3.63, 3.8) is 0 Å². The average molecular weight is 246 g/mol. The van der Waals surface area contributed by atoms with E-state index >= 15 is 0 Å². The molecule has 0 aromatic heterocycles. The van der Waals surface area contributed by atoms with Crippen molar-refractivity contribution in [2.24, 2.45) is 5.41 Å². The molecule has 0 saturated heterocycles. The van der Waals surface area contributed by atoms with Gasteiger partial charge in [-0.2, -0.15) is 0 Å². The quantitative estimate of drug-likeness (QED) is 0.746. The van der Waals surface area contributed by atoms with E-state index in [-0.39, 0.29) is 5.41 Å². The lowest BCUT2D eigenvalue weighted by molar-refractivity contribution is -0.0210. The Labute approximate surface area is 104 Å². The molecule has 0 fully saturated rings. The van der Waals surface area contributed by atoms with E-state index in [1.165, 1.54) is 4.91 Å². The lowest BCUT2D eigenvalue weighted by Gasteiger charge is -2.37. The zero-order chi connectivity index (χ0) is 12.8. The molecule has 2 nitrogen and oxygen atoms in total. The molecule has 0 heterocycles. The zero-order valence-electron chi connectivity index (χ0n) is 11.5. The van der Waals surface area contributed by atoms with Crippen LogP contribution in [0.3, 0.4) is 0 Å². The minimum Gasteiger partial charge on any atom is -0.390 e. The molecule has 0 atom stereocenters. The molecule has 0 aromatic carbocycles. The fourth-order valence-electron chi connectivity index (χ4n) is 0.931. The molecule has 0 spiro atoms. The summed E-state index contributed by atoms with van der Waals surface area (Å²) in [7, 11) is 1.70. The van der Waals surface area contributed by atoms with Crippen molar-refractivity contribution in [1.29, 1.82) is 0 Å². The molecule has 0 rings (SSSR count). The normalized spacial score (nSPS) is 14.3. The predicted molar refractivity (Wildman–Crippen MR) is 72.8 cm³/mol. The van der Waals surface area contributed by atoms with E-state index in [1.54, 1.807) is 7.11 Å². The van der Waals surface area contributed by atoms with Crippen molar-refractivity contribution in [3.05, 3.63) is 11.0 Å². The highest BCUT2D eigenvalue weighted by Gasteiger charge is 2.34. The maximum Gasteiger partial charge on any atom is 0.0654 e. The number of ether oxygens (including phenoxy) is 1. The number of thioether (sulfide) groups is 1. The van der Waals surface area contributed by atoms with E-state index in [0.29, 0.717) is 6.61 Å². The maximum atomic E-state index is 10.0. The Kier molecular flexibility index (Phi) is 6.68. The van der Waals surface area contributed by atoms with Gasteiger partial charge in [-0.25, -0.2) is 0 Å². The number of hydrogen-bond donors (Lipinski definition) is 1. The van der Waals surface area contributed by atoms with Gasteiger partial charge in [-0.1, -0.05) is 20.8 Å². The van der Waals surface area contributed by atoms with Crippen LogP contribution in [0.15, 0.2) is 11.0 Å². The van der Waals surface area contributed by atoms with Gasteiger partial charge in [-0.05, 0) is 31.2 Å². The van der Waals surface area contributed by atoms with E-state index in [2.05, 4.69) is 26.8 Å². The summed E-state index contributed by atoms with van der Waals surface area (Å²) in [5.74, 6) is 0.917. The number of aliphatic hydroxyl groups is 1. The van der Waals surface area contributed by atoms with Crippen LogP contribution in [0.1, 0.15) is 41.0 Å². The van der Waals surface area contributed by atoms with Gasteiger partial charge in [0.1, 0.15) is 0 Å². The first kappa shape index (κ1) is 16.0. The molecular formula is C13H26O2S. The number of rotatable bonds is 7. The van der Waals surface area contributed by atoms with Gasteiger partial charge in [0.05, 0.1) is 12.2 Å². The molecule has 0 amide bonds. The van der Waals surface area contributed by atoms with E-state index in [1.807, 2.05) is 25.6 Å². The second-order valence-corrected chi connectivity index (χ2v) is 6.31. The fourth-order valence-corrected chi connectivity index (χ4v) is 2.22. The van der Waals surface area contributed by atoms with E-state index in [0.717, 1.165) is 12.2 Å². The molecule has 3 heteroatoms. The molecule has 0 aliphatic carbocycles. The highest BCUT2D eigenvalue weighted by Crippen LogP contribution is 2.36. The van der Waals surface area contributed by atoms with Gasteiger partial charge < -0.3 is 9.84 Å². The predicted octanol–water partition coefficient (Wildman–Crippen LogP) is 3.46. The van der Waals surface area contributed by atoms with Gasteiger partial charge in [-0.15, -0.1) is 11.8 Å². The van der Waals surface area contributed by atoms with Crippen molar-refractivity contribution in [2.75, 3.05) is 19.5 Å². The first-order valence-corrected chi connectivity index (χ1v) is 6.76. The molecule has 0 unspecified atom stereocenters. The molecule has 0 aromatic rings. The number of methoxy groups -OCH3 is 1. The number of hydrogen-bond acceptors (Lipinski definition) is 3. The van der Waals surface area contributed by atoms with Gasteiger partial charge in [0.2, 0.25) is 0 Å². The van der Waals surface area contributed by atoms with E-state index in [9.17, 15) is 5.11 Å². The van der Waals surface area contributed by atoms with Crippen LogP contribution in [0.4, 0.5) is 0 Å². The summed E-state index contributed by atoms with van der Waals surface area (Å²) in [4.78, 5) is 1.33. The molecule has 16 heavy (non-hydrogen) atoms. The Balaban J connectivity index is 4.31. The van der Waals surface area contributed by atoms with Crippen LogP contribution < -0.4 is 0 Å². The summed E-state index contributed by atoms with van der Waals surface area (Å²) >= 11 is 1.82. The largest absolute Gasteiger partial charge is 0.390 e. The van der Waals surface area contributed by atoms with Crippen LogP contribution in [-0.2, 0) is 4.74 Å². The average Bonchev–Trinajstić information content (AvgIpc) is 2.16. The zero-order valence-corrected chi connectivity index (χ0v) is 12.3. The highest BCUT2D eigenvalue weighted by molar-refractivity contribution is 8.03. The first-order valence-electron chi connectivity index (χ1n) is 5.77. The van der Waals surface area contributed by atoms with Crippen molar-refractivity contribution >= 4 is 11.8 Å². The Morgan fingerprint density at radius 2 is 1.88 bits per heavy atom. The molecule has 96 valence electrons. The van der Waals surface area contributed by atoms with Crippen LogP contribution >= 0.6 is 11.8 Å². The van der Waals surface area contributed by atoms with Gasteiger partial charge >= 0.3 is 0 Å². The summed E-state index contributed by atoms with van der Waals surface area (Å²) in [5.41, 5.74) is -0.751. The summed E-state index contributed by atoms with van der Waals surface area (Å²) in [6.45, 7) is 10.8. The summed E-state index contributed by atoms with van der Waals surface area (Å²) in [5, 5.41) is 10.0. The molecule has 1 N–H and O–H groups in total. The molecule has 0 radical (unpaired) electrons. The summed E-state index contributed by atoms with van der Waals surface area (Å²) in [6, 6.07) is 0. The SMILES string of the molecule is CC/C(=C\COC)SCC(C)(C)C(C)(C)O. The third kappa shape index (κ3) is 5.37. The van der Waals surface area contributed by atoms with Gasteiger partial charge in [0.15, 0.2) is 0 Å². The highest BCUT2D eigenvalue weighted by atomic mass is 32.2. The minimum absolute atomic E-state index is 0.0982. The summed E-state index contributed by atoms with van der Waals surface area (Å²) < 4.78 is 5.03. The molecule has 0 aliphatic heterocycles. The smallest absolute Gasteiger partial charge is 0.0654 e. The first-order chi connectivity index (χ1) is 7.24. The topological polar surface area (TPSA) is 29.5 Å². The minimum atomic E-state index is -0.653. The lowest BCUT2D eigenvalue weighted by atomic mass is 9.79. The van der Waals surface area contributed by atoms with Gasteiger partial charge in [0, 0.05) is 18.3 Å². The van der Waals surface area contributed by atoms with Crippen molar-refractivity contribution in [3.8, 4) is 0 Å². The molecule has 0 saturated carbocycles. The second-order valence-electron chi connectivity index (χ2n) is 5.21. The van der Waals surface area contributed by atoms with Crippen molar-refractivity contribution in [1.82, 2.24) is 0 Å². The van der Waals surface area contributed by atoms with Crippen LogP contribution in [-0.4, -0.2) is 30.2 Å². The Morgan fingerprint density at radius 3 is 2.25 bits per heavy atom. The Bertz CT molecular complexity index is 227. The molecule has 0 bridgehead atoms. The van der Waals surface area contributed by atoms with Crippen LogP contribution in [0.5, 0.6) is 0 Å². The lowest BCUT2D eigenvalue weighted by Crippen LogP contribution is -2.40. The van der Waals surface area contributed by atoms with Crippen LogP contribution in [0.25, 0.3) is 0 Å². The Hall–Kier alpha value is 0.01000. The third-order valence-electron chi connectivity index (χ3n) is 3.10. The standard InChI is InChI=1S/C13H26O2S/c1-7-11(8-9-15-6)16-10-12(2,3)13(4,5)14/h8,14H,7,9-10H2,1-6H3/b11-8+. The van der Waals surface area contributed by atoms with Crippen LogP contribution in [0, 0.1) is 5.41 Å². The van der Waals surface area contributed by atoms with Crippen molar-refractivity contribution < 1.29 is 9.84 Å². The fraction of sp³-hybridized carbons (Fsp3) is 0.846. The molecular weight excluding hydrogens is 220 g/mol. The van der Waals surface area contributed by atoms with E-state index < -0.39 is 5.60 Å². The Morgan fingerprint density at radius 1 is 1.31 bits per heavy atom. The monoisotopic (exact) mass is 246 g/mol. The maximum absolute atomic E-state index is 10.0. The van der Waals surface area contributed by atoms with Crippen molar-refractivity contribution in [2.45, 2.75) is 46.6 Å². The second kappa shape index (κ2) is 6.67.